The molecule has 0 bridgehead atoms. The van der Waals surface area contributed by atoms with Crippen molar-refractivity contribution in [3.8, 4) is 0 Å². The lowest BCUT2D eigenvalue weighted by molar-refractivity contribution is -0.192. The molecule has 0 atom stereocenters. The Labute approximate surface area is 122 Å². The van der Waals surface area contributed by atoms with E-state index in [1.807, 2.05) is 0 Å². The number of hydroxylamine groups is 2. The first-order valence-corrected chi connectivity index (χ1v) is 6.94. The second-order valence-electron chi connectivity index (χ2n) is 6.91. The summed E-state index contributed by atoms with van der Waals surface area (Å²) in [5, 5.41) is 0.587. The van der Waals surface area contributed by atoms with Crippen molar-refractivity contribution >= 4 is 17.8 Å². The minimum atomic E-state index is -0.626. The van der Waals surface area contributed by atoms with Crippen LogP contribution in [0.3, 0.4) is 0 Å². The quantitative estimate of drug-likeness (QED) is 0.784. The molecule has 2 amide bonds. The summed E-state index contributed by atoms with van der Waals surface area (Å²) in [6.45, 7) is 5.95. The lowest BCUT2D eigenvalue weighted by Gasteiger charge is -2.49. The van der Waals surface area contributed by atoms with Crippen LogP contribution in [0.25, 0.3) is 0 Å². The highest BCUT2D eigenvalue weighted by atomic mass is 16.7. The molecule has 3 rings (SSSR count). The SMILES string of the molecule is CC1(C)CC(C)(C(=O)ON2C(=O)c3ccccc3C2=O)C1. The number of benzene rings is 1. The van der Waals surface area contributed by atoms with E-state index in [0.29, 0.717) is 17.9 Å². The second-order valence-corrected chi connectivity index (χ2v) is 6.91. The Balaban J connectivity index is 1.77. The molecule has 2 aliphatic rings. The van der Waals surface area contributed by atoms with Crippen molar-refractivity contribution in [1.82, 2.24) is 5.06 Å². The average molecular weight is 287 g/mol. The van der Waals surface area contributed by atoms with Gasteiger partial charge in [0.05, 0.1) is 16.5 Å². The summed E-state index contributed by atoms with van der Waals surface area (Å²) in [5.74, 6) is -1.67. The van der Waals surface area contributed by atoms with Gasteiger partial charge in [-0.25, -0.2) is 4.79 Å². The third-order valence-electron chi connectivity index (χ3n) is 4.16. The lowest BCUT2D eigenvalue weighted by Crippen LogP contribution is -2.49. The largest absolute Gasteiger partial charge is 0.339 e. The van der Waals surface area contributed by atoms with E-state index in [4.69, 9.17) is 4.84 Å². The van der Waals surface area contributed by atoms with Crippen molar-refractivity contribution in [2.75, 3.05) is 0 Å². The van der Waals surface area contributed by atoms with Gasteiger partial charge in [0.2, 0.25) is 0 Å². The highest BCUT2D eigenvalue weighted by Gasteiger charge is 2.53. The smallest absolute Gasteiger partial charge is 0.329 e. The van der Waals surface area contributed by atoms with Crippen molar-refractivity contribution in [2.24, 2.45) is 10.8 Å². The average Bonchev–Trinajstić information content (AvgIpc) is 2.62. The molecule has 5 heteroatoms. The maximum absolute atomic E-state index is 12.3. The van der Waals surface area contributed by atoms with E-state index >= 15 is 0 Å². The van der Waals surface area contributed by atoms with Crippen LogP contribution in [0, 0.1) is 10.8 Å². The van der Waals surface area contributed by atoms with Crippen LogP contribution in [0.15, 0.2) is 24.3 Å². The Morgan fingerprint density at radius 3 is 1.95 bits per heavy atom. The molecule has 110 valence electrons. The summed E-state index contributed by atoms with van der Waals surface area (Å²) < 4.78 is 0. The van der Waals surface area contributed by atoms with Crippen LogP contribution in [-0.2, 0) is 9.63 Å². The zero-order valence-electron chi connectivity index (χ0n) is 12.3. The van der Waals surface area contributed by atoms with Crippen LogP contribution in [0.5, 0.6) is 0 Å². The molecule has 1 saturated carbocycles. The van der Waals surface area contributed by atoms with Gasteiger partial charge in [0.25, 0.3) is 11.8 Å². The summed E-state index contributed by atoms with van der Waals surface area (Å²) in [4.78, 5) is 41.6. The van der Waals surface area contributed by atoms with E-state index in [0.717, 1.165) is 0 Å². The van der Waals surface area contributed by atoms with Crippen LogP contribution in [0.2, 0.25) is 0 Å². The Hall–Kier alpha value is -2.17. The molecule has 0 saturated heterocycles. The standard InChI is InChI=1S/C16H17NO4/c1-15(2)8-16(3,9-15)14(20)21-17-12(18)10-6-4-5-7-11(10)13(17)19/h4-7H,8-9H2,1-3H3. The van der Waals surface area contributed by atoms with E-state index in [2.05, 4.69) is 13.8 Å². The number of fused-ring (bicyclic) bond motifs is 1. The molecular formula is C16H17NO4. The molecule has 1 aromatic rings. The molecule has 1 aliphatic carbocycles. The van der Waals surface area contributed by atoms with E-state index in [9.17, 15) is 14.4 Å². The molecule has 21 heavy (non-hydrogen) atoms. The van der Waals surface area contributed by atoms with Gasteiger partial charge in [-0.05, 0) is 37.3 Å². The van der Waals surface area contributed by atoms with Crippen molar-refractivity contribution in [3.63, 3.8) is 0 Å². The zero-order valence-corrected chi connectivity index (χ0v) is 12.3. The molecule has 0 aromatic heterocycles. The fourth-order valence-electron chi connectivity index (χ4n) is 3.65. The minimum Gasteiger partial charge on any atom is -0.329 e. The van der Waals surface area contributed by atoms with Gasteiger partial charge in [-0.2, -0.15) is 0 Å². The van der Waals surface area contributed by atoms with Crippen molar-refractivity contribution in [3.05, 3.63) is 35.4 Å². The summed E-state index contributed by atoms with van der Waals surface area (Å²) >= 11 is 0. The summed E-state index contributed by atoms with van der Waals surface area (Å²) in [6, 6.07) is 6.45. The molecule has 1 aliphatic heterocycles. The number of carbonyl (C=O) groups is 3. The fourth-order valence-corrected chi connectivity index (χ4v) is 3.65. The van der Waals surface area contributed by atoms with Crippen molar-refractivity contribution in [2.45, 2.75) is 33.6 Å². The third kappa shape index (κ3) is 2.04. The van der Waals surface area contributed by atoms with Crippen LogP contribution in [0.4, 0.5) is 0 Å². The number of nitrogens with zero attached hydrogens (tertiary/aromatic N) is 1. The number of hydrogen-bond donors (Lipinski definition) is 0. The van der Waals surface area contributed by atoms with Gasteiger partial charge in [0, 0.05) is 0 Å². The van der Waals surface area contributed by atoms with Gasteiger partial charge in [0.1, 0.15) is 0 Å². The molecule has 5 nitrogen and oxygen atoms in total. The highest BCUT2D eigenvalue weighted by Crippen LogP contribution is 2.54. The first-order valence-electron chi connectivity index (χ1n) is 6.94. The highest BCUT2D eigenvalue weighted by molar-refractivity contribution is 6.20. The van der Waals surface area contributed by atoms with Crippen LogP contribution in [0.1, 0.15) is 54.3 Å². The number of imide groups is 1. The maximum Gasteiger partial charge on any atom is 0.339 e. The van der Waals surface area contributed by atoms with E-state index in [1.54, 1.807) is 31.2 Å². The fraction of sp³-hybridized carbons (Fsp3) is 0.438. The monoisotopic (exact) mass is 287 g/mol. The van der Waals surface area contributed by atoms with E-state index < -0.39 is 23.2 Å². The van der Waals surface area contributed by atoms with E-state index in [-0.39, 0.29) is 16.5 Å². The molecule has 0 unspecified atom stereocenters. The van der Waals surface area contributed by atoms with Crippen LogP contribution >= 0.6 is 0 Å². The first-order chi connectivity index (χ1) is 9.73. The zero-order chi connectivity index (χ0) is 15.4. The predicted octanol–water partition coefficient (Wildman–Crippen LogP) is 2.57. The Morgan fingerprint density at radius 1 is 1.05 bits per heavy atom. The van der Waals surface area contributed by atoms with Crippen molar-refractivity contribution in [1.29, 1.82) is 0 Å². The Kier molecular flexibility index (Phi) is 2.74. The van der Waals surface area contributed by atoms with Gasteiger partial charge in [0.15, 0.2) is 0 Å². The molecule has 1 aromatic carbocycles. The van der Waals surface area contributed by atoms with Crippen LogP contribution in [-0.4, -0.2) is 22.8 Å². The van der Waals surface area contributed by atoms with Gasteiger partial charge in [-0.1, -0.05) is 31.0 Å². The first kappa shape index (κ1) is 13.8. The van der Waals surface area contributed by atoms with Gasteiger partial charge in [-0.15, -0.1) is 0 Å². The minimum absolute atomic E-state index is 0.0930. The number of rotatable bonds is 2. The van der Waals surface area contributed by atoms with E-state index in [1.165, 1.54) is 0 Å². The molecule has 0 N–H and O–H groups in total. The Bertz CT molecular complexity index is 619. The lowest BCUT2D eigenvalue weighted by atomic mass is 9.55. The van der Waals surface area contributed by atoms with Crippen molar-refractivity contribution < 1.29 is 19.2 Å². The van der Waals surface area contributed by atoms with Gasteiger partial charge < -0.3 is 4.84 Å². The van der Waals surface area contributed by atoms with Crippen LogP contribution < -0.4 is 0 Å². The summed E-state index contributed by atoms with van der Waals surface area (Å²) in [6.07, 6.45) is 1.37. The molecular weight excluding hydrogens is 270 g/mol. The number of carbonyl (C=O) groups excluding carboxylic acids is 3. The number of amides is 2. The second kappa shape index (κ2) is 4.16. The molecule has 1 heterocycles. The molecule has 0 radical (unpaired) electrons. The molecule has 0 spiro atoms. The van der Waals surface area contributed by atoms with Gasteiger partial charge in [-0.3, -0.25) is 9.59 Å². The van der Waals surface area contributed by atoms with Gasteiger partial charge >= 0.3 is 5.97 Å². The number of hydrogen-bond acceptors (Lipinski definition) is 4. The molecule has 1 fully saturated rings. The predicted molar refractivity (Wildman–Crippen MR) is 74.2 cm³/mol. The third-order valence-corrected chi connectivity index (χ3v) is 4.16. The summed E-state index contributed by atoms with van der Waals surface area (Å²) in [5.41, 5.74) is 0.0120. The maximum atomic E-state index is 12.3. The summed E-state index contributed by atoms with van der Waals surface area (Å²) in [7, 11) is 0. The Morgan fingerprint density at radius 2 is 1.52 bits per heavy atom. The normalized spacial score (nSPS) is 21.8. The topological polar surface area (TPSA) is 63.7 Å².